The van der Waals surface area contributed by atoms with E-state index in [9.17, 15) is 22.8 Å². The van der Waals surface area contributed by atoms with E-state index in [-0.39, 0.29) is 30.2 Å². The molecule has 2 aromatic rings. The standard InChI is InChI=1S/C25H31N3O7S2/c1-3-34-24(30)21-19-12-15-27(25(31)35-4-2)16-20(19)36-23(21)26-22(29)17-8-10-18(11-9-17)37(32,33)28-13-6-5-7-14-28/h8-11H,3-7,12-16H2,1-2H3,(H,26,29). The number of nitrogens with zero attached hydrogens (tertiary/aromatic N) is 2. The van der Waals surface area contributed by atoms with Gasteiger partial charge in [-0.25, -0.2) is 18.0 Å². The van der Waals surface area contributed by atoms with E-state index in [2.05, 4.69) is 5.32 Å². The van der Waals surface area contributed by atoms with Crippen LogP contribution in [0.25, 0.3) is 0 Å². The molecule has 1 N–H and O–H groups in total. The van der Waals surface area contributed by atoms with Gasteiger partial charge in [-0.1, -0.05) is 6.42 Å². The molecule has 0 spiro atoms. The summed E-state index contributed by atoms with van der Waals surface area (Å²) in [5.41, 5.74) is 1.30. The van der Waals surface area contributed by atoms with E-state index >= 15 is 0 Å². The van der Waals surface area contributed by atoms with Gasteiger partial charge in [0.2, 0.25) is 10.0 Å². The minimum Gasteiger partial charge on any atom is -0.462 e. The van der Waals surface area contributed by atoms with Crippen molar-refractivity contribution >= 4 is 44.3 Å². The zero-order valence-corrected chi connectivity index (χ0v) is 22.6. The van der Waals surface area contributed by atoms with Crippen LogP contribution in [0.1, 0.15) is 64.3 Å². The number of carbonyl (C=O) groups is 3. The third kappa shape index (κ3) is 5.81. The number of esters is 1. The number of amides is 2. The van der Waals surface area contributed by atoms with Crippen LogP contribution >= 0.6 is 11.3 Å². The monoisotopic (exact) mass is 549 g/mol. The van der Waals surface area contributed by atoms with Crippen LogP contribution in [-0.4, -0.2) is 68.4 Å². The molecule has 0 saturated carbocycles. The first-order valence-corrected chi connectivity index (χ1v) is 14.7. The van der Waals surface area contributed by atoms with Crippen LogP contribution < -0.4 is 5.32 Å². The second-order valence-electron chi connectivity index (χ2n) is 8.74. The number of anilines is 1. The lowest BCUT2D eigenvalue weighted by atomic mass is 10.0. The molecule has 37 heavy (non-hydrogen) atoms. The number of fused-ring (bicyclic) bond motifs is 1. The maximum Gasteiger partial charge on any atom is 0.410 e. The summed E-state index contributed by atoms with van der Waals surface area (Å²) < 4.78 is 37.6. The van der Waals surface area contributed by atoms with Crippen molar-refractivity contribution in [1.29, 1.82) is 0 Å². The Morgan fingerprint density at radius 2 is 1.65 bits per heavy atom. The highest BCUT2D eigenvalue weighted by Crippen LogP contribution is 2.38. The van der Waals surface area contributed by atoms with Crippen molar-refractivity contribution in [2.75, 3.05) is 38.2 Å². The van der Waals surface area contributed by atoms with E-state index < -0.39 is 28.0 Å². The quantitative estimate of drug-likeness (QED) is 0.520. The van der Waals surface area contributed by atoms with E-state index in [0.717, 1.165) is 29.7 Å². The van der Waals surface area contributed by atoms with Gasteiger partial charge < -0.3 is 19.7 Å². The normalized spacial score (nSPS) is 16.1. The summed E-state index contributed by atoms with van der Waals surface area (Å²) in [4.78, 5) is 40.6. The Hall–Kier alpha value is -2.96. The molecule has 200 valence electrons. The molecule has 1 aromatic carbocycles. The fourth-order valence-corrected chi connectivity index (χ4v) is 7.25. The summed E-state index contributed by atoms with van der Waals surface area (Å²) >= 11 is 1.22. The maximum atomic E-state index is 13.1. The van der Waals surface area contributed by atoms with Gasteiger partial charge in [0.05, 0.1) is 30.2 Å². The van der Waals surface area contributed by atoms with Crippen molar-refractivity contribution in [3.8, 4) is 0 Å². The second kappa shape index (κ2) is 11.6. The lowest BCUT2D eigenvalue weighted by Gasteiger charge is -2.26. The highest BCUT2D eigenvalue weighted by molar-refractivity contribution is 7.89. The summed E-state index contributed by atoms with van der Waals surface area (Å²) in [6.45, 7) is 5.53. The van der Waals surface area contributed by atoms with Gasteiger partial charge in [0.1, 0.15) is 5.00 Å². The van der Waals surface area contributed by atoms with Crippen LogP contribution in [0.3, 0.4) is 0 Å². The Balaban J connectivity index is 1.55. The topological polar surface area (TPSA) is 122 Å². The minimum absolute atomic E-state index is 0.142. The molecule has 2 amide bonds. The number of carbonyl (C=O) groups excluding carboxylic acids is 3. The van der Waals surface area contributed by atoms with Gasteiger partial charge in [-0.05, 0) is 62.9 Å². The summed E-state index contributed by atoms with van der Waals surface area (Å²) in [6, 6.07) is 5.79. The Morgan fingerprint density at radius 1 is 0.973 bits per heavy atom. The molecular formula is C25H31N3O7S2. The van der Waals surface area contributed by atoms with Gasteiger partial charge in [-0.3, -0.25) is 4.79 Å². The zero-order chi connectivity index (χ0) is 26.6. The van der Waals surface area contributed by atoms with Crippen molar-refractivity contribution in [2.45, 2.75) is 51.0 Å². The first-order valence-electron chi connectivity index (χ1n) is 12.4. The summed E-state index contributed by atoms with van der Waals surface area (Å²) in [5, 5.41) is 3.14. The molecule has 0 radical (unpaired) electrons. The van der Waals surface area contributed by atoms with E-state index in [4.69, 9.17) is 9.47 Å². The number of ether oxygens (including phenoxy) is 2. The Morgan fingerprint density at radius 3 is 2.30 bits per heavy atom. The minimum atomic E-state index is -3.61. The molecule has 0 bridgehead atoms. The summed E-state index contributed by atoms with van der Waals surface area (Å²) in [7, 11) is -3.61. The van der Waals surface area contributed by atoms with Gasteiger partial charge in [0.25, 0.3) is 5.91 Å². The first-order chi connectivity index (χ1) is 17.8. The number of sulfonamides is 1. The molecule has 0 atom stereocenters. The Kier molecular flexibility index (Phi) is 8.50. The molecule has 0 aliphatic carbocycles. The van der Waals surface area contributed by atoms with Crippen LogP contribution in [0, 0.1) is 0 Å². The third-order valence-corrected chi connectivity index (χ3v) is 9.40. The van der Waals surface area contributed by atoms with Gasteiger partial charge in [-0.2, -0.15) is 4.31 Å². The van der Waals surface area contributed by atoms with Crippen LogP contribution in [0.15, 0.2) is 29.2 Å². The molecule has 4 rings (SSSR count). The molecule has 2 aliphatic heterocycles. The zero-order valence-electron chi connectivity index (χ0n) is 20.9. The van der Waals surface area contributed by atoms with Crippen LogP contribution in [-0.2, 0) is 32.5 Å². The SMILES string of the molecule is CCOC(=O)c1c(NC(=O)c2ccc(S(=O)(=O)N3CCCCC3)cc2)sc2c1CCN(C(=O)OCC)C2. The molecular weight excluding hydrogens is 518 g/mol. The number of benzene rings is 1. The maximum absolute atomic E-state index is 13.1. The van der Waals surface area contributed by atoms with Crippen LogP contribution in [0.2, 0.25) is 0 Å². The highest BCUT2D eigenvalue weighted by atomic mass is 32.2. The van der Waals surface area contributed by atoms with Crippen LogP contribution in [0.4, 0.5) is 9.80 Å². The van der Waals surface area contributed by atoms with E-state index in [1.54, 1.807) is 18.7 Å². The molecule has 12 heteroatoms. The van der Waals surface area contributed by atoms with Gasteiger partial charge >= 0.3 is 12.1 Å². The summed E-state index contributed by atoms with van der Waals surface area (Å²) in [6.07, 6.45) is 2.70. The number of nitrogens with one attached hydrogen (secondary N) is 1. The molecule has 0 unspecified atom stereocenters. The van der Waals surface area contributed by atoms with Gasteiger partial charge in [-0.15, -0.1) is 11.3 Å². The first kappa shape index (κ1) is 27.1. The molecule has 2 aliphatic rings. The average Bonchev–Trinajstić information content (AvgIpc) is 3.26. The third-order valence-electron chi connectivity index (χ3n) is 6.36. The van der Waals surface area contributed by atoms with Crippen molar-refractivity contribution in [1.82, 2.24) is 9.21 Å². The van der Waals surface area contributed by atoms with Crippen molar-refractivity contribution in [2.24, 2.45) is 0 Å². The number of thiophene rings is 1. The van der Waals surface area contributed by atoms with E-state index in [1.165, 1.54) is 39.9 Å². The predicted octanol–water partition coefficient (Wildman–Crippen LogP) is 3.87. The Bertz CT molecular complexity index is 1270. The number of piperidine rings is 1. The molecule has 1 saturated heterocycles. The number of hydrogen-bond acceptors (Lipinski definition) is 8. The average molecular weight is 550 g/mol. The Labute approximate surface area is 220 Å². The lowest BCUT2D eigenvalue weighted by molar-refractivity contribution is 0.0526. The molecule has 1 fully saturated rings. The highest BCUT2D eigenvalue weighted by Gasteiger charge is 2.32. The van der Waals surface area contributed by atoms with Gasteiger partial charge in [0.15, 0.2) is 0 Å². The fourth-order valence-electron chi connectivity index (χ4n) is 4.49. The van der Waals surface area contributed by atoms with E-state index in [1.807, 2.05) is 0 Å². The fraction of sp³-hybridized carbons (Fsp3) is 0.480. The number of hydrogen-bond donors (Lipinski definition) is 1. The van der Waals surface area contributed by atoms with Crippen LogP contribution in [0.5, 0.6) is 0 Å². The van der Waals surface area contributed by atoms with E-state index in [0.29, 0.717) is 36.6 Å². The largest absolute Gasteiger partial charge is 0.462 e. The smallest absolute Gasteiger partial charge is 0.410 e. The van der Waals surface area contributed by atoms with Crippen molar-refractivity contribution in [3.05, 3.63) is 45.8 Å². The van der Waals surface area contributed by atoms with Crippen molar-refractivity contribution in [3.63, 3.8) is 0 Å². The molecule has 1 aromatic heterocycles. The lowest BCUT2D eigenvalue weighted by Crippen LogP contribution is -2.36. The van der Waals surface area contributed by atoms with Gasteiger partial charge in [0, 0.05) is 30.1 Å². The van der Waals surface area contributed by atoms with Crippen molar-refractivity contribution < 1.29 is 32.3 Å². The number of rotatable bonds is 7. The predicted molar refractivity (Wildman–Crippen MR) is 138 cm³/mol. The molecule has 10 nitrogen and oxygen atoms in total. The second-order valence-corrected chi connectivity index (χ2v) is 11.8. The molecule has 3 heterocycles. The summed E-state index contributed by atoms with van der Waals surface area (Å²) in [5.74, 6) is -1.02.